The van der Waals surface area contributed by atoms with Crippen LogP contribution in [0.1, 0.15) is 12.5 Å². The number of aromatic nitrogens is 2. The van der Waals surface area contributed by atoms with Gasteiger partial charge < -0.3 is 14.6 Å². The average Bonchev–Trinajstić information content (AvgIpc) is 3.11. The van der Waals surface area contributed by atoms with Gasteiger partial charge in [0.1, 0.15) is 11.6 Å². The molecule has 1 amide bonds. The summed E-state index contributed by atoms with van der Waals surface area (Å²) in [5.74, 6) is 1.15. The summed E-state index contributed by atoms with van der Waals surface area (Å²) in [4.78, 5) is 17.2. The van der Waals surface area contributed by atoms with Gasteiger partial charge >= 0.3 is 0 Å². The predicted octanol–water partition coefficient (Wildman–Crippen LogP) is 4.52. The zero-order valence-electron chi connectivity index (χ0n) is 16.7. The summed E-state index contributed by atoms with van der Waals surface area (Å²) in [6.45, 7) is 1.68. The zero-order chi connectivity index (χ0) is 21.1. The van der Waals surface area contributed by atoms with Crippen LogP contribution in [0.15, 0.2) is 72.8 Å². The molecule has 0 aliphatic heterocycles. The highest BCUT2D eigenvalue weighted by atomic mass is 16.5. The number of nitrogens with one attached hydrogen (secondary N) is 1. The second-order valence-electron chi connectivity index (χ2n) is 6.95. The Morgan fingerprint density at radius 2 is 1.77 bits per heavy atom. The third-order valence-electron chi connectivity index (χ3n) is 4.86. The van der Waals surface area contributed by atoms with Crippen molar-refractivity contribution in [3.63, 3.8) is 0 Å². The number of carbonyl (C=O) groups excluding carboxylic acids is 1. The highest BCUT2D eigenvalue weighted by Gasteiger charge is 2.15. The molecule has 0 spiro atoms. The molecule has 1 aromatic heterocycles. The Bertz CT molecular complexity index is 1240. The SMILES string of the molecule is CC(Oc1ccc(C#N)cc1)C(=O)Nc1ccc(-c2nc3ccccc3n2C)cc1. The average molecular weight is 396 g/mol. The molecule has 30 heavy (non-hydrogen) atoms. The Hall–Kier alpha value is -4.11. The fourth-order valence-corrected chi connectivity index (χ4v) is 3.22. The summed E-state index contributed by atoms with van der Waals surface area (Å²) >= 11 is 0. The molecule has 1 unspecified atom stereocenters. The first-order chi connectivity index (χ1) is 14.5. The minimum Gasteiger partial charge on any atom is -0.481 e. The summed E-state index contributed by atoms with van der Waals surface area (Å²) in [6.07, 6.45) is -0.683. The molecule has 1 N–H and O–H groups in total. The van der Waals surface area contributed by atoms with E-state index in [4.69, 9.17) is 15.0 Å². The number of nitriles is 1. The molecule has 6 heteroatoms. The van der Waals surface area contributed by atoms with Crippen molar-refractivity contribution in [1.29, 1.82) is 5.26 Å². The lowest BCUT2D eigenvalue weighted by molar-refractivity contribution is -0.122. The Labute approximate surface area is 174 Å². The Morgan fingerprint density at radius 1 is 1.07 bits per heavy atom. The van der Waals surface area contributed by atoms with Crippen LogP contribution in [0, 0.1) is 11.3 Å². The van der Waals surface area contributed by atoms with Gasteiger partial charge in [-0.05, 0) is 67.6 Å². The van der Waals surface area contributed by atoms with Gasteiger partial charge in [-0.2, -0.15) is 5.26 Å². The van der Waals surface area contributed by atoms with Crippen molar-refractivity contribution >= 4 is 22.6 Å². The van der Waals surface area contributed by atoms with E-state index in [2.05, 4.69) is 9.88 Å². The number of nitrogens with zero attached hydrogens (tertiary/aromatic N) is 3. The maximum Gasteiger partial charge on any atom is 0.265 e. The largest absolute Gasteiger partial charge is 0.481 e. The summed E-state index contributed by atoms with van der Waals surface area (Å²) in [5.41, 5.74) is 4.20. The fourth-order valence-electron chi connectivity index (χ4n) is 3.22. The number of anilines is 1. The lowest BCUT2D eigenvalue weighted by Gasteiger charge is -2.15. The Balaban J connectivity index is 1.44. The number of imidazole rings is 1. The summed E-state index contributed by atoms with van der Waals surface area (Å²) in [6, 6.07) is 24.3. The van der Waals surface area contributed by atoms with Crippen LogP contribution >= 0.6 is 0 Å². The highest BCUT2D eigenvalue weighted by molar-refractivity contribution is 5.94. The van der Waals surface area contributed by atoms with Crippen LogP contribution in [0.3, 0.4) is 0 Å². The second kappa shape index (κ2) is 8.10. The fraction of sp³-hybridized carbons (Fsp3) is 0.125. The van der Waals surface area contributed by atoms with E-state index in [0.29, 0.717) is 17.0 Å². The molecule has 148 valence electrons. The van der Waals surface area contributed by atoms with Gasteiger partial charge in [-0.1, -0.05) is 12.1 Å². The van der Waals surface area contributed by atoms with Gasteiger partial charge in [0.05, 0.1) is 22.7 Å². The molecule has 1 heterocycles. The van der Waals surface area contributed by atoms with Crippen molar-refractivity contribution in [2.24, 2.45) is 7.05 Å². The van der Waals surface area contributed by atoms with Gasteiger partial charge in [0, 0.05) is 18.3 Å². The Kier molecular flexibility index (Phi) is 5.19. The van der Waals surface area contributed by atoms with E-state index in [-0.39, 0.29) is 5.91 Å². The standard InChI is InChI=1S/C24H20N4O2/c1-16(30-20-13-7-17(15-25)8-14-20)24(29)26-19-11-9-18(10-12-19)23-27-21-5-3-4-6-22(21)28(23)2/h3-14,16H,1-2H3,(H,26,29). The summed E-state index contributed by atoms with van der Waals surface area (Å²) in [5, 5.41) is 11.7. The lowest BCUT2D eigenvalue weighted by atomic mass is 10.2. The number of hydrogen-bond donors (Lipinski definition) is 1. The third kappa shape index (κ3) is 3.87. The van der Waals surface area contributed by atoms with Crippen LogP contribution in [-0.4, -0.2) is 21.6 Å². The zero-order valence-corrected chi connectivity index (χ0v) is 16.7. The van der Waals surface area contributed by atoms with Crippen LogP contribution in [0.4, 0.5) is 5.69 Å². The van der Waals surface area contributed by atoms with Crippen molar-refractivity contribution in [1.82, 2.24) is 9.55 Å². The molecule has 0 bridgehead atoms. The first kappa shape index (κ1) is 19.2. The molecule has 3 aromatic carbocycles. The van der Waals surface area contributed by atoms with Crippen LogP contribution in [0.5, 0.6) is 5.75 Å². The first-order valence-electron chi connectivity index (χ1n) is 9.55. The predicted molar refractivity (Wildman–Crippen MR) is 116 cm³/mol. The molecule has 0 radical (unpaired) electrons. The van der Waals surface area contributed by atoms with Crippen molar-refractivity contribution in [2.45, 2.75) is 13.0 Å². The quantitative estimate of drug-likeness (QED) is 0.538. The Morgan fingerprint density at radius 3 is 2.43 bits per heavy atom. The molecule has 0 aliphatic rings. The molecule has 0 saturated carbocycles. The lowest BCUT2D eigenvalue weighted by Crippen LogP contribution is -2.30. The number of fused-ring (bicyclic) bond motifs is 1. The number of rotatable bonds is 5. The summed E-state index contributed by atoms with van der Waals surface area (Å²) in [7, 11) is 1.99. The summed E-state index contributed by atoms with van der Waals surface area (Å²) < 4.78 is 7.71. The maximum absolute atomic E-state index is 12.5. The monoisotopic (exact) mass is 396 g/mol. The van der Waals surface area contributed by atoms with E-state index >= 15 is 0 Å². The maximum atomic E-state index is 12.5. The normalized spacial score (nSPS) is 11.6. The smallest absolute Gasteiger partial charge is 0.265 e. The number of amides is 1. The van der Waals surface area contributed by atoms with Gasteiger partial charge in [0.15, 0.2) is 6.10 Å². The minimum absolute atomic E-state index is 0.255. The van der Waals surface area contributed by atoms with Crippen molar-refractivity contribution in [3.8, 4) is 23.2 Å². The van der Waals surface area contributed by atoms with Gasteiger partial charge in [0.2, 0.25) is 0 Å². The van der Waals surface area contributed by atoms with Crippen LogP contribution in [0.25, 0.3) is 22.4 Å². The van der Waals surface area contributed by atoms with E-state index in [0.717, 1.165) is 22.4 Å². The van der Waals surface area contributed by atoms with E-state index in [1.54, 1.807) is 31.2 Å². The van der Waals surface area contributed by atoms with Crippen molar-refractivity contribution in [3.05, 3.63) is 78.4 Å². The molecule has 4 rings (SSSR count). The van der Waals surface area contributed by atoms with Gasteiger partial charge in [-0.15, -0.1) is 0 Å². The van der Waals surface area contributed by atoms with Crippen LogP contribution in [0.2, 0.25) is 0 Å². The number of hydrogen-bond acceptors (Lipinski definition) is 4. The number of benzene rings is 3. The third-order valence-corrected chi connectivity index (χ3v) is 4.86. The molecule has 0 fully saturated rings. The van der Waals surface area contributed by atoms with E-state index in [9.17, 15) is 4.79 Å². The van der Waals surface area contributed by atoms with Gasteiger partial charge in [-0.3, -0.25) is 4.79 Å². The van der Waals surface area contributed by atoms with E-state index < -0.39 is 6.10 Å². The molecule has 0 saturated heterocycles. The molecular formula is C24H20N4O2. The molecule has 6 nitrogen and oxygen atoms in total. The number of ether oxygens (including phenoxy) is 1. The second-order valence-corrected chi connectivity index (χ2v) is 6.95. The molecule has 4 aromatic rings. The van der Waals surface area contributed by atoms with Crippen molar-refractivity contribution < 1.29 is 9.53 Å². The minimum atomic E-state index is -0.683. The molecule has 0 aliphatic carbocycles. The molecular weight excluding hydrogens is 376 g/mol. The number of carbonyl (C=O) groups is 1. The first-order valence-corrected chi connectivity index (χ1v) is 9.55. The highest BCUT2D eigenvalue weighted by Crippen LogP contribution is 2.25. The van der Waals surface area contributed by atoms with Crippen molar-refractivity contribution in [2.75, 3.05) is 5.32 Å². The van der Waals surface area contributed by atoms with E-state index in [1.807, 2.05) is 61.6 Å². The van der Waals surface area contributed by atoms with Gasteiger partial charge in [-0.25, -0.2) is 4.98 Å². The number of para-hydroxylation sites is 2. The molecule has 1 atom stereocenters. The topological polar surface area (TPSA) is 79.9 Å². The van der Waals surface area contributed by atoms with Crippen LogP contribution < -0.4 is 10.1 Å². The van der Waals surface area contributed by atoms with Gasteiger partial charge in [0.25, 0.3) is 5.91 Å². The van der Waals surface area contributed by atoms with Crippen LogP contribution in [-0.2, 0) is 11.8 Å². The van der Waals surface area contributed by atoms with E-state index in [1.165, 1.54) is 0 Å². The number of aryl methyl sites for hydroxylation is 1.